The van der Waals surface area contributed by atoms with Gasteiger partial charge in [-0.05, 0) is 24.3 Å². The van der Waals surface area contributed by atoms with E-state index in [9.17, 15) is 22.9 Å². The molecule has 1 N–H and O–H groups in total. The first-order chi connectivity index (χ1) is 9.81. The van der Waals surface area contributed by atoms with Crippen LogP contribution in [0, 0.1) is 15.9 Å². The van der Waals surface area contributed by atoms with Gasteiger partial charge in [-0.15, -0.1) is 0 Å². The number of halogens is 2. The van der Waals surface area contributed by atoms with Crippen LogP contribution < -0.4 is 4.72 Å². The van der Waals surface area contributed by atoms with Gasteiger partial charge in [0, 0.05) is 6.20 Å². The molecule has 10 heteroatoms. The van der Waals surface area contributed by atoms with E-state index in [4.69, 9.17) is 11.6 Å². The van der Waals surface area contributed by atoms with Crippen LogP contribution in [0.4, 0.5) is 15.9 Å². The van der Waals surface area contributed by atoms with Gasteiger partial charge >= 0.3 is 0 Å². The van der Waals surface area contributed by atoms with E-state index in [1.165, 1.54) is 18.3 Å². The van der Waals surface area contributed by atoms with E-state index in [1.54, 1.807) is 0 Å². The Morgan fingerprint density at radius 3 is 2.67 bits per heavy atom. The lowest BCUT2D eigenvalue weighted by atomic mass is 10.3. The first kappa shape index (κ1) is 15.1. The quantitative estimate of drug-likeness (QED) is 0.685. The van der Waals surface area contributed by atoms with Crippen LogP contribution in [-0.2, 0) is 10.0 Å². The van der Waals surface area contributed by atoms with Gasteiger partial charge in [0.05, 0.1) is 16.0 Å². The highest BCUT2D eigenvalue weighted by Crippen LogP contribution is 2.27. The molecule has 7 nitrogen and oxygen atoms in total. The number of hydrogen-bond acceptors (Lipinski definition) is 5. The monoisotopic (exact) mass is 331 g/mol. The molecule has 0 fully saturated rings. The van der Waals surface area contributed by atoms with Gasteiger partial charge in [-0.3, -0.25) is 14.8 Å². The number of nitro groups is 1. The third kappa shape index (κ3) is 3.26. The molecule has 0 aliphatic rings. The standard InChI is InChI=1S/C11H7ClFN3O4S/c12-8-2-1-5-14-11(8)15-21(19,20)10-4-3-7(13)6-9(10)16(17)18/h1-6H,(H,14,15). The van der Waals surface area contributed by atoms with Crippen LogP contribution in [-0.4, -0.2) is 18.3 Å². The predicted octanol–water partition coefficient (Wildman–Crippen LogP) is 2.58. The number of benzene rings is 1. The maximum atomic E-state index is 13.0. The number of nitrogens with zero attached hydrogens (tertiary/aromatic N) is 2. The zero-order valence-electron chi connectivity index (χ0n) is 10.2. The molecule has 1 aromatic carbocycles. The Labute approximate surface area is 123 Å². The molecule has 0 saturated carbocycles. The van der Waals surface area contributed by atoms with Crippen molar-refractivity contribution < 1.29 is 17.7 Å². The number of sulfonamides is 1. The van der Waals surface area contributed by atoms with Crippen molar-refractivity contribution >= 4 is 33.1 Å². The first-order valence-electron chi connectivity index (χ1n) is 5.38. The minimum Gasteiger partial charge on any atom is -0.262 e. The van der Waals surface area contributed by atoms with Crippen molar-refractivity contribution in [2.75, 3.05) is 4.72 Å². The summed E-state index contributed by atoms with van der Waals surface area (Å²) in [5, 5.41) is 10.9. The van der Waals surface area contributed by atoms with Gasteiger partial charge in [0.1, 0.15) is 5.82 Å². The normalized spacial score (nSPS) is 11.1. The Kier molecular flexibility index (Phi) is 4.05. The molecule has 0 unspecified atom stereocenters. The van der Waals surface area contributed by atoms with E-state index < -0.39 is 31.3 Å². The number of anilines is 1. The summed E-state index contributed by atoms with van der Waals surface area (Å²) in [6.07, 6.45) is 1.29. The largest absolute Gasteiger partial charge is 0.292 e. The van der Waals surface area contributed by atoms with Gasteiger partial charge in [0.15, 0.2) is 10.7 Å². The minimum atomic E-state index is -4.33. The van der Waals surface area contributed by atoms with Crippen LogP contribution in [0.25, 0.3) is 0 Å². The van der Waals surface area contributed by atoms with Crippen LogP contribution in [0.15, 0.2) is 41.4 Å². The molecule has 2 aromatic rings. The molecule has 110 valence electrons. The van der Waals surface area contributed by atoms with Crippen LogP contribution in [0.3, 0.4) is 0 Å². The smallest absolute Gasteiger partial charge is 0.262 e. The van der Waals surface area contributed by atoms with Crippen molar-refractivity contribution in [3.63, 3.8) is 0 Å². The van der Waals surface area contributed by atoms with Crippen LogP contribution >= 0.6 is 11.6 Å². The summed E-state index contributed by atoms with van der Waals surface area (Å²) in [6.45, 7) is 0. The molecule has 0 radical (unpaired) electrons. The molecule has 0 aliphatic heterocycles. The minimum absolute atomic E-state index is 0.0193. The fraction of sp³-hybridized carbons (Fsp3) is 0. The highest BCUT2D eigenvalue weighted by molar-refractivity contribution is 7.92. The van der Waals surface area contributed by atoms with E-state index in [1.807, 2.05) is 4.72 Å². The van der Waals surface area contributed by atoms with Gasteiger partial charge < -0.3 is 0 Å². The topological polar surface area (TPSA) is 102 Å². The lowest BCUT2D eigenvalue weighted by molar-refractivity contribution is -0.388. The van der Waals surface area contributed by atoms with E-state index in [2.05, 4.69) is 4.98 Å². The van der Waals surface area contributed by atoms with Crippen molar-refractivity contribution in [2.24, 2.45) is 0 Å². The Morgan fingerprint density at radius 1 is 1.33 bits per heavy atom. The molecule has 0 atom stereocenters. The summed E-state index contributed by atoms with van der Waals surface area (Å²) in [7, 11) is -4.33. The van der Waals surface area contributed by atoms with Crippen LogP contribution in [0.5, 0.6) is 0 Å². The highest BCUT2D eigenvalue weighted by Gasteiger charge is 2.27. The molecular weight excluding hydrogens is 325 g/mol. The molecule has 0 saturated heterocycles. The summed E-state index contributed by atoms with van der Waals surface area (Å²) in [4.78, 5) is 12.9. The third-order valence-electron chi connectivity index (χ3n) is 2.40. The Balaban J connectivity index is 2.50. The zero-order chi connectivity index (χ0) is 15.6. The number of pyridine rings is 1. The number of aromatic nitrogens is 1. The van der Waals surface area contributed by atoms with Crippen molar-refractivity contribution in [3.05, 3.63) is 57.5 Å². The summed E-state index contributed by atoms with van der Waals surface area (Å²) in [6, 6.07) is 5.01. The number of nitrogens with one attached hydrogen (secondary N) is 1. The zero-order valence-corrected chi connectivity index (χ0v) is 11.7. The van der Waals surface area contributed by atoms with Crippen LogP contribution in [0.2, 0.25) is 5.02 Å². The third-order valence-corrected chi connectivity index (χ3v) is 4.09. The van der Waals surface area contributed by atoms with Gasteiger partial charge in [-0.1, -0.05) is 11.6 Å². The molecule has 1 heterocycles. The summed E-state index contributed by atoms with van der Waals surface area (Å²) >= 11 is 5.76. The van der Waals surface area contributed by atoms with Crippen molar-refractivity contribution in [1.29, 1.82) is 0 Å². The average Bonchev–Trinajstić information content (AvgIpc) is 2.40. The second-order valence-electron chi connectivity index (χ2n) is 3.81. The van der Waals surface area contributed by atoms with E-state index in [-0.39, 0.29) is 10.8 Å². The lowest BCUT2D eigenvalue weighted by Gasteiger charge is -2.08. The molecule has 2 rings (SSSR count). The Morgan fingerprint density at radius 2 is 2.05 bits per heavy atom. The predicted molar refractivity (Wildman–Crippen MR) is 73.1 cm³/mol. The Hall–Kier alpha value is -2.26. The summed E-state index contributed by atoms with van der Waals surface area (Å²) in [5.41, 5.74) is -0.880. The number of hydrogen-bond donors (Lipinski definition) is 1. The Bertz CT molecular complexity index is 813. The second-order valence-corrected chi connectivity index (χ2v) is 5.87. The highest BCUT2D eigenvalue weighted by atomic mass is 35.5. The first-order valence-corrected chi connectivity index (χ1v) is 7.24. The van der Waals surface area contributed by atoms with Gasteiger partial charge in [0.2, 0.25) is 0 Å². The van der Waals surface area contributed by atoms with E-state index >= 15 is 0 Å². The fourth-order valence-corrected chi connectivity index (χ4v) is 2.91. The molecule has 0 amide bonds. The van der Waals surface area contributed by atoms with Gasteiger partial charge in [-0.25, -0.2) is 17.8 Å². The molecule has 21 heavy (non-hydrogen) atoms. The number of rotatable bonds is 4. The van der Waals surface area contributed by atoms with Crippen LogP contribution in [0.1, 0.15) is 0 Å². The second kappa shape index (κ2) is 5.62. The maximum Gasteiger partial charge on any atom is 0.292 e. The molecular formula is C11H7ClFN3O4S. The van der Waals surface area contributed by atoms with E-state index in [0.29, 0.717) is 6.07 Å². The molecule has 0 spiro atoms. The van der Waals surface area contributed by atoms with Gasteiger partial charge in [-0.2, -0.15) is 0 Å². The van der Waals surface area contributed by atoms with Crippen molar-refractivity contribution in [2.45, 2.75) is 4.90 Å². The lowest BCUT2D eigenvalue weighted by Crippen LogP contribution is -2.16. The molecule has 0 bridgehead atoms. The van der Waals surface area contributed by atoms with Crippen molar-refractivity contribution in [1.82, 2.24) is 4.98 Å². The number of nitro benzene ring substituents is 1. The van der Waals surface area contributed by atoms with Crippen molar-refractivity contribution in [3.8, 4) is 0 Å². The maximum absolute atomic E-state index is 13.0. The summed E-state index contributed by atoms with van der Waals surface area (Å²) < 4.78 is 39.4. The SMILES string of the molecule is O=[N+]([O-])c1cc(F)ccc1S(=O)(=O)Nc1ncccc1Cl. The molecule has 1 aromatic heterocycles. The fourth-order valence-electron chi connectivity index (χ4n) is 1.50. The summed E-state index contributed by atoms with van der Waals surface area (Å²) in [5.74, 6) is -1.10. The molecule has 0 aliphatic carbocycles. The van der Waals surface area contributed by atoms with E-state index in [0.717, 1.165) is 12.1 Å². The van der Waals surface area contributed by atoms with Gasteiger partial charge in [0.25, 0.3) is 15.7 Å². The average molecular weight is 332 g/mol.